The second kappa shape index (κ2) is 4.77. The molecule has 3 aromatic rings. The van der Waals surface area contributed by atoms with E-state index in [1.54, 1.807) is 13.0 Å². The van der Waals surface area contributed by atoms with Crippen LogP contribution in [0.3, 0.4) is 0 Å². The molecule has 5 nitrogen and oxygen atoms in total. The van der Waals surface area contributed by atoms with Gasteiger partial charge < -0.3 is 4.74 Å². The van der Waals surface area contributed by atoms with E-state index < -0.39 is 11.5 Å². The van der Waals surface area contributed by atoms with E-state index >= 15 is 0 Å². The smallest absolute Gasteiger partial charge is 0.345 e. The first-order valence-electron chi connectivity index (χ1n) is 6.29. The lowest BCUT2D eigenvalue weighted by Crippen LogP contribution is -2.24. The summed E-state index contributed by atoms with van der Waals surface area (Å²) in [7, 11) is 0. The third-order valence-corrected chi connectivity index (χ3v) is 3.07. The molecule has 0 amide bonds. The number of rotatable bonds is 2. The van der Waals surface area contributed by atoms with Gasteiger partial charge >= 0.3 is 5.97 Å². The zero-order valence-corrected chi connectivity index (χ0v) is 10.9. The fraction of sp³-hybridized carbons (Fsp3) is 0.133. The molecule has 0 bridgehead atoms. The summed E-state index contributed by atoms with van der Waals surface area (Å²) < 4.78 is 6.31. The van der Waals surface area contributed by atoms with Gasteiger partial charge in [0, 0.05) is 6.20 Å². The molecule has 0 aliphatic carbocycles. The average molecular weight is 268 g/mol. The molecular formula is C15H12N2O3. The Morgan fingerprint density at radius 2 is 2.05 bits per heavy atom. The van der Waals surface area contributed by atoms with Gasteiger partial charge in [-0.15, -0.1) is 0 Å². The van der Waals surface area contributed by atoms with Gasteiger partial charge in [0.05, 0.1) is 12.1 Å². The maximum atomic E-state index is 12.5. The van der Waals surface area contributed by atoms with Gasteiger partial charge in [-0.25, -0.2) is 9.78 Å². The molecule has 0 spiro atoms. The normalized spacial score (nSPS) is 10.8. The first-order chi connectivity index (χ1) is 9.72. The second-order valence-electron chi connectivity index (χ2n) is 4.28. The first kappa shape index (κ1) is 12.3. The predicted octanol–water partition coefficient (Wildman–Crippen LogP) is 2.02. The minimum absolute atomic E-state index is 0.0549. The number of aromatic nitrogens is 2. The van der Waals surface area contributed by atoms with Gasteiger partial charge in [0.1, 0.15) is 11.2 Å². The van der Waals surface area contributed by atoms with Crippen LogP contribution in [-0.2, 0) is 4.74 Å². The van der Waals surface area contributed by atoms with Crippen molar-refractivity contribution in [2.75, 3.05) is 6.61 Å². The third-order valence-electron chi connectivity index (χ3n) is 3.07. The second-order valence-corrected chi connectivity index (χ2v) is 4.28. The number of hydrogen-bond donors (Lipinski definition) is 0. The molecule has 0 atom stereocenters. The summed E-state index contributed by atoms with van der Waals surface area (Å²) in [5.74, 6) is -0.646. The molecule has 1 aromatic carbocycles. The molecule has 0 saturated heterocycles. The van der Waals surface area contributed by atoms with Crippen molar-refractivity contribution < 1.29 is 9.53 Å². The summed E-state index contributed by atoms with van der Waals surface area (Å²) >= 11 is 0. The minimum Gasteiger partial charge on any atom is -0.462 e. The van der Waals surface area contributed by atoms with Gasteiger partial charge in [-0.2, -0.15) is 0 Å². The minimum atomic E-state index is -0.646. The number of carbonyl (C=O) groups is 1. The molecule has 0 aliphatic rings. The standard InChI is InChI=1S/C15H12N2O3/c1-2-20-15(19)11-9-16-13-8-7-10-5-3-4-6-12(10)17(13)14(11)18/h3-9H,2H2,1H3. The van der Waals surface area contributed by atoms with Crippen molar-refractivity contribution >= 4 is 22.5 Å². The zero-order valence-electron chi connectivity index (χ0n) is 10.9. The molecule has 0 fully saturated rings. The van der Waals surface area contributed by atoms with Crippen molar-refractivity contribution in [3.05, 3.63) is 58.5 Å². The molecule has 20 heavy (non-hydrogen) atoms. The van der Waals surface area contributed by atoms with Gasteiger partial charge in [-0.1, -0.05) is 18.2 Å². The molecule has 5 heteroatoms. The SMILES string of the molecule is CCOC(=O)c1cnc2ccc3ccccc3n2c1=O. The van der Waals surface area contributed by atoms with Crippen LogP contribution < -0.4 is 5.56 Å². The summed E-state index contributed by atoms with van der Waals surface area (Å²) in [6.07, 6.45) is 1.27. The number of pyridine rings is 1. The van der Waals surface area contributed by atoms with Gasteiger partial charge in [-0.05, 0) is 30.5 Å². The van der Waals surface area contributed by atoms with E-state index in [2.05, 4.69) is 4.98 Å². The summed E-state index contributed by atoms with van der Waals surface area (Å²) in [6, 6.07) is 11.1. The lowest BCUT2D eigenvalue weighted by atomic mass is 10.2. The topological polar surface area (TPSA) is 60.7 Å². The van der Waals surface area contributed by atoms with Crippen LogP contribution in [0.2, 0.25) is 0 Å². The number of para-hydroxylation sites is 1. The van der Waals surface area contributed by atoms with E-state index in [1.807, 2.05) is 30.3 Å². The number of nitrogens with zero attached hydrogens (tertiary/aromatic N) is 2. The molecule has 3 rings (SSSR count). The van der Waals surface area contributed by atoms with E-state index in [0.717, 1.165) is 5.39 Å². The Kier molecular flexibility index (Phi) is 2.95. The number of fused-ring (bicyclic) bond motifs is 3. The third kappa shape index (κ3) is 1.84. The van der Waals surface area contributed by atoms with Crippen LogP contribution in [-0.4, -0.2) is 22.0 Å². The maximum Gasteiger partial charge on any atom is 0.345 e. The fourth-order valence-corrected chi connectivity index (χ4v) is 2.16. The van der Waals surface area contributed by atoms with Crippen molar-refractivity contribution in [2.45, 2.75) is 6.92 Å². The maximum absolute atomic E-state index is 12.5. The van der Waals surface area contributed by atoms with Crippen LogP contribution in [0.5, 0.6) is 0 Å². The van der Waals surface area contributed by atoms with Gasteiger partial charge in [0.15, 0.2) is 0 Å². The Labute approximate surface area is 114 Å². The van der Waals surface area contributed by atoms with E-state index in [0.29, 0.717) is 11.2 Å². The Morgan fingerprint density at radius 3 is 2.85 bits per heavy atom. The quantitative estimate of drug-likeness (QED) is 0.527. The van der Waals surface area contributed by atoms with E-state index in [1.165, 1.54) is 10.6 Å². The molecule has 0 unspecified atom stereocenters. The molecule has 2 heterocycles. The van der Waals surface area contributed by atoms with Crippen molar-refractivity contribution in [2.24, 2.45) is 0 Å². The number of esters is 1. The van der Waals surface area contributed by atoms with Crippen molar-refractivity contribution in [1.29, 1.82) is 0 Å². The van der Waals surface area contributed by atoms with Crippen molar-refractivity contribution in [1.82, 2.24) is 9.38 Å². The number of benzene rings is 1. The predicted molar refractivity (Wildman–Crippen MR) is 74.9 cm³/mol. The highest BCUT2D eigenvalue weighted by Crippen LogP contribution is 2.14. The van der Waals surface area contributed by atoms with Crippen LogP contribution in [0, 0.1) is 0 Å². The summed E-state index contributed by atoms with van der Waals surface area (Å²) in [4.78, 5) is 28.4. The molecule has 100 valence electrons. The lowest BCUT2D eigenvalue weighted by Gasteiger charge is -2.07. The van der Waals surface area contributed by atoms with Crippen molar-refractivity contribution in [3.8, 4) is 0 Å². The van der Waals surface area contributed by atoms with Gasteiger partial charge in [0.2, 0.25) is 0 Å². The Hall–Kier alpha value is -2.69. The molecule has 0 saturated carbocycles. The van der Waals surface area contributed by atoms with Crippen molar-refractivity contribution in [3.63, 3.8) is 0 Å². The molecular weight excluding hydrogens is 256 g/mol. The molecule has 2 aromatic heterocycles. The van der Waals surface area contributed by atoms with E-state index in [-0.39, 0.29) is 12.2 Å². The van der Waals surface area contributed by atoms with E-state index in [9.17, 15) is 9.59 Å². The number of hydrogen-bond acceptors (Lipinski definition) is 4. The molecule has 0 N–H and O–H groups in total. The Bertz CT molecular complexity index is 868. The fourth-order valence-electron chi connectivity index (χ4n) is 2.16. The number of ether oxygens (including phenoxy) is 1. The highest BCUT2D eigenvalue weighted by Gasteiger charge is 2.15. The lowest BCUT2D eigenvalue weighted by molar-refractivity contribution is 0.0523. The van der Waals surface area contributed by atoms with Crippen LogP contribution >= 0.6 is 0 Å². The largest absolute Gasteiger partial charge is 0.462 e. The van der Waals surface area contributed by atoms with Gasteiger partial charge in [-0.3, -0.25) is 9.20 Å². The van der Waals surface area contributed by atoms with Crippen LogP contribution in [0.1, 0.15) is 17.3 Å². The van der Waals surface area contributed by atoms with Crippen LogP contribution in [0.15, 0.2) is 47.4 Å². The van der Waals surface area contributed by atoms with Gasteiger partial charge in [0.25, 0.3) is 5.56 Å². The average Bonchev–Trinajstić information content (AvgIpc) is 2.47. The zero-order chi connectivity index (χ0) is 14.1. The highest BCUT2D eigenvalue weighted by molar-refractivity contribution is 5.90. The summed E-state index contributed by atoms with van der Waals surface area (Å²) in [5.41, 5.74) is 0.751. The molecule has 0 aliphatic heterocycles. The monoisotopic (exact) mass is 268 g/mol. The highest BCUT2D eigenvalue weighted by atomic mass is 16.5. The number of carbonyl (C=O) groups excluding carboxylic acids is 1. The van der Waals surface area contributed by atoms with Crippen LogP contribution in [0.4, 0.5) is 0 Å². The summed E-state index contributed by atoms with van der Waals surface area (Å²) in [6.45, 7) is 1.91. The van der Waals surface area contributed by atoms with Crippen LogP contribution in [0.25, 0.3) is 16.6 Å². The first-order valence-corrected chi connectivity index (χ1v) is 6.29. The van der Waals surface area contributed by atoms with E-state index in [4.69, 9.17) is 4.74 Å². The molecule has 0 radical (unpaired) electrons. The Balaban J connectivity index is 2.38. The Morgan fingerprint density at radius 1 is 1.25 bits per heavy atom. The summed E-state index contributed by atoms with van der Waals surface area (Å²) in [5, 5.41) is 0.907.